The lowest BCUT2D eigenvalue weighted by atomic mass is 10.1. The van der Waals surface area contributed by atoms with Crippen LogP contribution in [0.3, 0.4) is 0 Å². The zero-order chi connectivity index (χ0) is 20.9. The van der Waals surface area contributed by atoms with Crippen LogP contribution in [0.4, 0.5) is 5.69 Å². The maximum atomic E-state index is 12.6. The van der Waals surface area contributed by atoms with Gasteiger partial charge in [-0.05, 0) is 25.8 Å². The quantitative estimate of drug-likeness (QED) is 0.363. The highest BCUT2D eigenvalue weighted by molar-refractivity contribution is 7.91. The van der Waals surface area contributed by atoms with Gasteiger partial charge in [0.1, 0.15) is 5.56 Å². The minimum absolute atomic E-state index is 0.0306. The number of esters is 1. The van der Waals surface area contributed by atoms with Crippen LogP contribution in [-0.2, 0) is 19.4 Å². The molecule has 9 nitrogen and oxygen atoms in total. The van der Waals surface area contributed by atoms with Gasteiger partial charge in [-0.1, -0.05) is 25.5 Å². The monoisotopic (exact) mass is 412 g/mol. The number of aryl methyl sites for hydroxylation is 1. The first-order valence-corrected chi connectivity index (χ1v) is 10.9. The molecule has 0 aromatic heterocycles. The Hall–Kier alpha value is -2.49. The Kier molecular flexibility index (Phi) is 7.11. The van der Waals surface area contributed by atoms with Crippen molar-refractivity contribution in [1.29, 1.82) is 0 Å². The molecule has 0 aliphatic carbocycles. The highest BCUT2D eigenvalue weighted by Gasteiger charge is 2.35. The maximum absolute atomic E-state index is 12.6. The highest BCUT2D eigenvalue weighted by Crippen LogP contribution is 2.24. The number of nitro benzene ring substituents is 1. The smallest absolute Gasteiger partial charge is 0.345 e. The van der Waals surface area contributed by atoms with Crippen LogP contribution in [0.25, 0.3) is 0 Å². The summed E-state index contributed by atoms with van der Waals surface area (Å²) in [6.07, 6.45) is 1.87. The van der Waals surface area contributed by atoms with Gasteiger partial charge in [-0.25, -0.2) is 13.2 Å². The Morgan fingerprint density at radius 1 is 1.36 bits per heavy atom. The number of sulfone groups is 1. The van der Waals surface area contributed by atoms with Crippen LogP contribution in [0.5, 0.6) is 0 Å². The van der Waals surface area contributed by atoms with Crippen molar-refractivity contribution in [2.75, 3.05) is 24.7 Å². The number of hydrogen-bond acceptors (Lipinski definition) is 7. The molecule has 0 unspecified atom stereocenters. The minimum atomic E-state index is -3.17. The predicted molar refractivity (Wildman–Crippen MR) is 102 cm³/mol. The van der Waals surface area contributed by atoms with Gasteiger partial charge in [-0.3, -0.25) is 14.9 Å². The Balaban J connectivity index is 2.09. The average molecular weight is 412 g/mol. The highest BCUT2D eigenvalue weighted by atomic mass is 32.2. The number of nitrogens with zero attached hydrogens (tertiary/aromatic N) is 2. The molecule has 1 heterocycles. The molecule has 1 atom stereocenters. The van der Waals surface area contributed by atoms with Crippen LogP contribution in [0.2, 0.25) is 0 Å². The summed E-state index contributed by atoms with van der Waals surface area (Å²) in [5, 5.41) is 11.2. The molecule has 1 amide bonds. The summed E-state index contributed by atoms with van der Waals surface area (Å²) in [6, 6.07) is 3.84. The second-order valence-corrected chi connectivity index (χ2v) is 9.03. The molecule has 1 aromatic carbocycles. The second kappa shape index (κ2) is 9.13. The topological polar surface area (TPSA) is 124 Å². The van der Waals surface area contributed by atoms with Gasteiger partial charge >= 0.3 is 5.97 Å². The van der Waals surface area contributed by atoms with E-state index in [1.807, 2.05) is 6.92 Å². The van der Waals surface area contributed by atoms with Crippen LogP contribution < -0.4 is 0 Å². The Bertz CT molecular complexity index is 867. The molecular formula is C18H24N2O7S. The van der Waals surface area contributed by atoms with E-state index >= 15 is 0 Å². The molecule has 0 radical (unpaired) electrons. The summed E-state index contributed by atoms with van der Waals surface area (Å²) < 4.78 is 28.5. The minimum Gasteiger partial charge on any atom is -0.452 e. The van der Waals surface area contributed by atoms with Gasteiger partial charge in [0.25, 0.3) is 11.6 Å². The molecule has 1 saturated heterocycles. The van der Waals surface area contributed by atoms with Crippen LogP contribution in [0.15, 0.2) is 18.2 Å². The number of ether oxygens (including phenoxy) is 1. The molecule has 1 aromatic rings. The van der Waals surface area contributed by atoms with Crippen LogP contribution in [0.1, 0.15) is 42.1 Å². The molecule has 1 fully saturated rings. The molecule has 28 heavy (non-hydrogen) atoms. The summed E-state index contributed by atoms with van der Waals surface area (Å²) in [5.41, 5.74) is -0.266. The van der Waals surface area contributed by atoms with Gasteiger partial charge in [0.15, 0.2) is 16.4 Å². The number of carbonyl (C=O) groups is 2. The molecule has 0 saturated carbocycles. The van der Waals surface area contributed by atoms with Crippen molar-refractivity contribution in [3.05, 3.63) is 39.4 Å². The summed E-state index contributed by atoms with van der Waals surface area (Å²) >= 11 is 0. The maximum Gasteiger partial charge on any atom is 0.345 e. The fourth-order valence-corrected chi connectivity index (χ4v) is 4.95. The SMILES string of the molecule is CCCCN(C(=O)COC(=O)c1cccc(C)c1[N+](=O)[O-])[C@H]1CCS(=O)(=O)C1. The summed E-state index contributed by atoms with van der Waals surface area (Å²) in [4.78, 5) is 36.9. The summed E-state index contributed by atoms with van der Waals surface area (Å²) in [7, 11) is -3.17. The molecule has 2 rings (SSSR count). The number of hydrogen-bond donors (Lipinski definition) is 0. The largest absolute Gasteiger partial charge is 0.452 e. The summed E-state index contributed by atoms with van der Waals surface area (Å²) in [6.45, 7) is 3.24. The van der Waals surface area contributed by atoms with E-state index in [1.54, 1.807) is 0 Å². The van der Waals surface area contributed by atoms with Crippen molar-refractivity contribution < 1.29 is 27.7 Å². The van der Waals surface area contributed by atoms with Gasteiger partial charge in [-0.2, -0.15) is 0 Å². The van der Waals surface area contributed by atoms with Crippen molar-refractivity contribution in [2.24, 2.45) is 0 Å². The first-order chi connectivity index (χ1) is 13.2. The Morgan fingerprint density at radius 3 is 2.64 bits per heavy atom. The van der Waals surface area contributed by atoms with E-state index in [2.05, 4.69) is 0 Å². The summed E-state index contributed by atoms with van der Waals surface area (Å²) in [5.74, 6) is -1.53. The van der Waals surface area contributed by atoms with Crippen LogP contribution >= 0.6 is 0 Å². The Labute approximate surface area is 163 Å². The van der Waals surface area contributed by atoms with E-state index in [9.17, 15) is 28.1 Å². The third kappa shape index (κ3) is 5.28. The molecule has 0 bridgehead atoms. The van der Waals surface area contributed by atoms with E-state index in [4.69, 9.17) is 4.74 Å². The van der Waals surface area contributed by atoms with Gasteiger partial charge < -0.3 is 9.64 Å². The third-order valence-corrected chi connectivity index (χ3v) is 6.44. The van der Waals surface area contributed by atoms with E-state index < -0.39 is 39.3 Å². The first-order valence-electron chi connectivity index (χ1n) is 9.07. The normalized spacial score (nSPS) is 17.9. The van der Waals surface area contributed by atoms with Crippen LogP contribution in [-0.4, -0.2) is 60.8 Å². The van der Waals surface area contributed by atoms with E-state index in [1.165, 1.54) is 30.0 Å². The molecule has 0 spiro atoms. The number of carbonyl (C=O) groups excluding carboxylic acids is 2. The van der Waals surface area contributed by atoms with Crippen molar-refractivity contribution >= 4 is 27.4 Å². The fraction of sp³-hybridized carbons (Fsp3) is 0.556. The van der Waals surface area contributed by atoms with E-state index in [-0.39, 0.29) is 22.8 Å². The number of benzene rings is 1. The third-order valence-electron chi connectivity index (χ3n) is 4.69. The number of amides is 1. The van der Waals surface area contributed by atoms with Crippen molar-refractivity contribution in [3.8, 4) is 0 Å². The zero-order valence-electron chi connectivity index (χ0n) is 15.9. The number of unbranched alkanes of at least 4 members (excludes halogenated alkanes) is 1. The molecular weight excluding hydrogens is 388 g/mol. The van der Waals surface area contributed by atoms with Gasteiger partial charge in [-0.15, -0.1) is 0 Å². The lowest BCUT2D eigenvalue weighted by Crippen LogP contribution is -2.43. The molecule has 0 N–H and O–H groups in total. The molecule has 1 aliphatic heterocycles. The van der Waals surface area contributed by atoms with E-state index in [0.717, 1.165) is 6.42 Å². The van der Waals surface area contributed by atoms with Crippen molar-refractivity contribution in [3.63, 3.8) is 0 Å². The van der Waals surface area contributed by atoms with Crippen LogP contribution in [0, 0.1) is 17.0 Å². The van der Waals surface area contributed by atoms with Gasteiger partial charge in [0, 0.05) is 18.2 Å². The molecule has 10 heteroatoms. The average Bonchev–Trinajstić information content (AvgIpc) is 2.99. The van der Waals surface area contributed by atoms with Gasteiger partial charge in [0.05, 0.1) is 16.4 Å². The molecule has 154 valence electrons. The number of nitro groups is 1. The lowest BCUT2D eigenvalue weighted by molar-refractivity contribution is -0.385. The first kappa shape index (κ1) is 21.8. The second-order valence-electron chi connectivity index (χ2n) is 6.80. The van der Waals surface area contributed by atoms with Crippen molar-refractivity contribution in [1.82, 2.24) is 4.90 Å². The lowest BCUT2D eigenvalue weighted by Gasteiger charge is -2.28. The number of rotatable bonds is 8. The molecule has 1 aliphatic rings. The fourth-order valence-electron chi connectivity index (χ4n) is 3.21. The number of para-hydroxylation sites is 1. The van der Waals surface area contributed by atoms with E-state index in [0.29, 0.717) is 24.9 Å². The standard InChI is InChI=1S/C18H24N2O7S/c1-3-4-9-19(14-8-10-28(25,26)12-14)16(21)11-27-18(22)15-7-5-6-13(2)17(15)20(23)24/h5-7,14H,3-4,8-12H2,1-2H3/t14-/m0/s1. The predicted octanol–water partition coefficient (Wildman–Crippen LogP) is 1.88. The van der Waals surface area contributed by atoms with Gasteiger partial charge in [0.2, 0.25) is 0 Å². The van der Waals surface area contributed by atoms with Crippen molar-refractivity contribution in [2.45, 2.75) is 39.2 Å². The Morgan fingerprint density at radius 2 is 2.07 bits per heavy atom. The zero-order valence-corrected chi connectivity index (χ0v) is 16.7.